The van der Waals surface area contributed by atoms with Gasteiger partial charge < -0.3 is 15.1 Å². The van der Waals surface area contributed by atoms with Crippen molar-refractivity contribution in [1.82, 2.24) is 15.5 Å². The molecular formula is C21H26N4OS. The Hall–Kier alpha value is -2.31. The second kappa shape index (κ2) is 8.59. The standard InChI is InChI=1S/C21H26N4OS/c1-22-21(23-14-17-13-16-7-2-3-8-19(16)26-17)24-15-18(20-9-6-12-27-20)25-10-4-5-11-25/h2-3,6-9,12-13,18H,4-5,10-11,14-15H2,1H3,(H2,22,23,24). The van der Waals surface area contributed by atoms with E-state index >= 15 is 0 Å². The number of nitrogens with one attached hydrogen (secondary N) is 2. The molecule has 1 saturated heterocycles. The molecule has 27 heavy (non-hydrogen) atoms. The lowest BCUT2D eigenvalue weighted by molar-refractivity contribution is 0.249. The normalized spacial score (nSPS) is 16.7. The zero-order valence-electron chi connectivity index (χ0n) is 15.6. The lowest BCUT2D eigenvalue weighted by Crippen LogP contribution is -2.42. The van der Waals surface area contributed by atoms with Crippen molar-refractivity contribution < 1.29 is 4.42 Å². The van der Waals surface area contributed by atoms with Crippen molar-refractivity contribution in [2.75, 3.05) is 26.7 Å². The molecule has 1 aliphatic heterocycles. The summed E-state index contributed by atoms with van der Waals surface area (Å²) in [6, 6.07) is 14.9. The van der Waals surface area contributed by atoms with E-state index in [-0.39, 0.29) is 0 Å². The van der Waals surface area contributed by atoms with Gasteiger partial charge in [0.15, 0.2) is 5.96 Å². The molecular weight excluding hydrogens is 356 g/mol. The molecule has 0 spiro atoms. The van der Waals surface area contributed by atoms with E-state index in [9.17, 15) is 0 Å². The second-order valence-corrected chi connectivity index (χ2v) is 7.81. The van der Waals surface area contributed by atoms with Crippen LogP contribution in [-0.4, -0.2) is 37.5 Å². The van der Waals surface area contributed by atoms with Crippen LogP contribution < -0.4 is 10.6 Å². The van der Waals surface area contributed by atoms with Crippen molar-refractivity contribution in [3.63, 3.8) is 0 Å². The van der Waals surface area contributed by atoms with Crippen LogP contribution in [0.4, 0.5) is 0 Å². The van der Waals surface area contributed by atoms with Gasteiger partial charge in [-0.25, -0.2) is 0 Å². The Balaban J connectivity index is 1.36. The Morgan fingerprint density at radius 1 is 1.19 bits per heavy atom. The molecule has 0 aliphatic carbocycles. The SMILES string of the molecule is CN=C(NCc1cc2ccccc2o1)NCC(c1cccs1)N1CCCC1. The van der Waals surface area contributed by atoms with Crippen LogP contribution in [0.2, 0.25) is 0 Å². The number of benzene rings is 1. The van der Waals surface area contributed by atoms with Gasteiger partial charge in [-0.3, -0.25) is 9.89 Å². The summed E-state index contributed by atoms with van der Waals surface area (Å²) < 4.78 is 5.88. The molecule has 2 N–H and O–H groups in total. The first-order valence-corrected chi connectivity index (χ1v) is 10.4. The summed E-state index contributed by atoms with van der Waals surface area (Å²) in [4.78, 5) is 8.36. The summed E-state index contributed by atoms with van der Waals surface area (Å²) >= 11 is 1.83. The van der Waals surface area contributed by atoms with Gasteiger partial charge in [0.05, 0.1) is 12.6 Å². The maximum Gasteiger partial charge on any atom is 0.191 e. The maximum absolute atomic E-state index is 5.88. The molecule has 0 radical (unpaired) electrons. The number of likely N-dealkylation sites (tertiary alicyclic amines) is 1. The van der Waals surface area contributed by atoms with Crippen LogP contribution in [-0.2, 0) is 6.54 Å². The number of fused-ring (bicyclic) bond motifs is 1. The molecule has 142 valence electrons. The molecule has 1 fully saturated rings. The van der Waals surface area contributed by atoms with Crippen molar-refractivity contribution in [3.8, 4) is 0 Å². The summed E-state index contributed by atoms with van der Waals surface area (Å²) in [5, 5.41) is 10.2. The first-order valence-electron chi connectivity index (χ1n) is 9.53. The molecule has 4 rings (SSSR count). The number of thiophene rings is 1. The molecule has 0 amide bonds. The third kappa shape index (κ3) is 4.34. The van der Waals surface area contributed by atoms with E-state index in [1.807, 2.05) is 36.6 Å². The van der Waals surface area contributed by atoms with Crippen LogP contribution in [0.25, 0.3) is 11.0 Å². The number of furan rings is 1. The third-order valence-corrected chi connectivity index (χ3v) is 6.02. The molecule has 6 heteroatoms. The molecule has 1 unspecified atom stereocenters. The molecule has 2 aromatic heterocycles. The predicted octanol–water partition coefficient (Wildman–Crippen LogP) is 4.00. The highest BCUT2D eigenvalue weighted by Crippen LogP contribution is 2.27. The minimum Gasteiger partial charge on any atom is -0.459 e. The number of nitrogens with zero attached hydrogens (tertiary/aromatic N) is 2. The van der Waals surface area contributed by atoms with Crippen LogP contribution in [0.5, 0.6) is 0 Å². The minimum atomic E-state index is 0.400. The molecule has 1 atom stereocenters. The molecule has 3 aromatic rings. The minimum absolute atomic E-state index is 0.400. The van der Waals surface area contributed by atoms with Crippen LogP contribution in [0, 0.1) is 0 Å². The summed E-state index contributed by atoms with van der Waals surface area (Å²) in [5.41, 5.74) is 0.920. The highest BCUT2D eigenvalue weighted by molar-refractivity contribution is 7.10. The average molecular weight is 383 g/mol. The fraction of sp³-hybridized carbons (Fsp3) is 0.381. The van der Waals surface area contributed by atoms with E-state index < -0.39 is 0 Å². The van der Waals surface area contributed by atoms with Crippen molar-refractivity contribution >= 4 is 28.3 Å². The highest BCUT2D eigenvalue weighted by atomic mass is 32.1. The Labute approximate surface area is 164 Å². The number of aliphatic imine (C=N–C) groups is 1. The van der Waals surface area contributed by atoms with Crippen molar-refractivity contribution in [3.05, 3.63) is 58.5 Å². The van der Waals surface area contributed by atoms with Gasteiger partial charge in [-0.15, -0.1) is 11.3 Å². The van der Waals surface area contributed by atoms with Crippen LogP contribution in [0.1, 0.15) is 29.5 Å². The van der Waals surface area contributed by atoms with Crippen molar-refractivity contribution in [2.24, 2.45) is 4.99 Å². The van der Waals surface area contributed by atoms with Gasteiger partial charge in [-0.05, 0) is 49.5 Å². The van der Waals surface area contributed by atoms with Gasteiger partial charge >= 0.3 is 0 Å². The van der Waals surface area contributed by atoms with Crippen LogP contribution in [0.3, 0.4) is 0 Å². The number of hydrogen-bond donors (Lipinski definition) is 2. The van der Waals surface area contributed by atoms with Gasteiger partial charge in [-0.2, -0.15) is 0 Å². The number of para-hydroxylation sites is 1. The zero-order chi connectivity index (χ0) is 18.5. The summed E-state index contributed by atoms with van der Waals surface area (Å²) in [6.45, 7) is 3.81. The van der Waals surface area contributed by atoms with Gasteiger partial charge in [0.25, 0.3) is 0 Å². The number of guanidine groups is 1. The van der Waals surface area contributed by atoms with Gasteiger partial charge in [0.1, 0.15) is 11.3 Å². The zero-order valence-corrected chi connectivity index (χ0v) is 16.5. The Bertz CT molecular complexity index is 848. The van der Waals surface area contributed by atoms with Crippen molar-refractivity contribution in [1.29, 1.82) is 0 Å². The highest BCUT2D eigenvalue weighted by Gasteiger charge is 2.24. The maximum atomic E-state index is 5.88. The summed E-state index contributed by atoms with van der Waals surface area (Å²) in [6.07, 6.45) is 2.59. The first kappa shape index (κ1) is 18.1. The number of hydrogen-bond acceptors (Lipinski definition) is 4. The molecule has 5 nitrogen and oxygen atoms in total. The van der Waals surface area contributed by atoms with Gasteiger partial charge in [-0.1, -0.05) is 24.3 Å². The Morgan fingerprint density at radius 3 is 2.78 bits per heavy atom. The van der Waals surface area contributed by atoms with E-state index in [1.54, 1.807) is 0 Å². The fourth-order valence-electron chi connectivity index (χ4n) is 3.65. The summed E-state index contributed by atoms with van der Waals surface area (Å²) in [5.74, 6) is 1.71. The number of rotatable bonds is 6. The first-order chi connectivity index (χ1) is 13.3. The predicted molar refractivity (Wildman–Crippen MR) is 112 cm³/mol. The quantitative estimate of drug-likeness (QED) is 0.500. The lowest BCUT2D eigenvalue weighted by atomic mass is 10.2. The third-order valence-electron chi connectivity index (χ3n) is 5.05. The van der Waals surface area contributed by atoms with Crippen LogP contribution >= 0.6 is 11.3 Å². The van der Waals surface area contributed by atoms with Crippen molar-refractivity contribution in [2.45, 2.75) is 25.4 Å². The fourth-order valence-corrected chi connectivity index (χ4v) is 4.51. The molecule has 0 bridgehead atoms. The van der Waals surface area contributed by atoms with E-state index in [0.29, 0.717) is 12.6 Å². The van der Waals surface area contributed by atoms with Crippen LogP contribution in [0.15, 0.2) is 57.3 Å². The largest absolute Gasteiger partial charge is 0.459 e. The van der Waals surface area contributed by atoms with Gasteiger partial charge in [0.2, 0.25) is 0 Å². The molecule has 3 heterocycles. The van der Waals surface area contributed by atoms with E-state index in [4.69, 9.17) is 4.42 Å². The van der Waals surface area contributed by atoms with E-state index in [2.05, 4.69) is 50.2 Å². The van der Waals surface area contributed by atoms with E-state index in [1.165, 1.54) is 30.8 Å². The molecule has 1 aromatic carbocycles. The second-order valence-electron chi connectivity index (χ2n) is 6.83. The lowest BCUT2D eigenvalue weighted by Gasteiger charge is -2.27. The molecule has 1 aliphatic rings. The topological polar surface area (TPSA) is 52.8 Å². The molecule has 0 saturated carbocycles. The Kier molecular flexibility index (Phi) is 5.75. The summed E-state index contributed by atoms with van der Waals surface area (Å²) in [7, 11) is 1.81. The van der Waals surface area contributed by atoms with Gasteiger partial charge in [0, 0.05) is 23.9 Å². The Morgan fingerprint density at radius 2 is 2.04 bits per heavy atom. The average Bonchev–Trinajstić information content (AvgIpc) is 3.46. The van der Waals surface area contributed by atoms with E-state index in [0.717, 1.165) is 29.2 Å². The smallest absolute Gasteiger partial charge is 0.191 e. The monoisotopic (exact) mass is 382 g/mol.